The van der Waals surface area contributed by atoms with Gasteiger partial charge in [0.25, 0.3) is 0 Å². The molecule has 6 nitrogen and oxygen atoms in total. The molecule has 1 aromatic heterocycles. The SMILES string of the molecule is CN=C(NCc1nc(-c2cccc(Cl)c2)no1)NC1CCCC(SC)C1.I. The second-order valence-electron chi connectivity index (χ2n) is 6.31. The number of rotatable bonds is 5. The Morgan fingerprint density at radius 2 is 2.26 bits per heavy atom. The van der Waals surface area contributed by atoms with E-state index in [4.69, 9.17) is 16.1 Å². The van der Waals surface area contributed by atoms with E-state index in [1.165, 1.54) is 25.7 Å². The highest BCUT2D eigenvalue weighted by Crippen LogP contribution is 2.26. The Labute approximate surface area is 186 Å². The molecule has 1 heterocycles. The van der Waals surface area contributed by atoms with Gasteiger partial charge in [-0.15, -0.1) is 24.0 Å². The first kappa shape index (κ1) is 22.3. The van der Waals surface area contributed by atoms with Crippen molar-refractivity contribution in [3.63, 3.8) is 0 Å². The lowest BCUT2D eigenvalue weighted by molar-refractivity contribution is 0.373. The number of aliphatic imine (C=N–C) groups is 1. The van der Waals surface area contributed by atoms with Crippen LogP contribution in [0.5, 0.6) is 0 Å². The molecule has 2 unspecified atom stereocenters. The van der Waals surface area contributed by atoms with Crippen molar-refractivity contribution in [1.29, 1.82) is 0 Å². The van der Waals surface area contributed by atoms with Gasteiger partial charge in [-0.25, -0.2) is 0 Å². The fraction of sp³-hybridized carbons (Fsp3) is 0.500. The third-order valence-corrected chi connectivity index (χ3v) is 5.81. The largest absolute Gasteiger partial charge is 0.354 e. The Bertz CT molecular complexity index is 757. The van der Waals surface area contributed by atoms with E-state index in [1.54, 1.807) is 7.05 Å². The Kier molecular flexibility index (Phi) is 9.17. The number of benzene rings is 1. The molecule has 0 radical (unpaired) electrons. The molecule has 0 bridgehead atoms. The van der Waals surface area contributed by atoms with Gasteiger partial charge < -0.3 is 15.2 Å². The quantitative estimate of drug-likeness (QED) is 0.346. The van der Waals surface area contributed by atoms with Crippen molar-refractivity contribution in [3.8, 4) is 11.4 Å². The highest BCUT2D eigenvalue weighted by molar-refractivity contribution is 14.0. The molecule has 1 aliphatic rings. The molecule has 27 heavy (non-hydrogen) atoms. The molecule has 2 aromatic rings. The molecule has 1 aromatic carbocycles. The van der Waals surface area contributed by atoms with Crippen LogP contribution < -0.4 is 10.6 Å². The lowest BCUT2D eigenvalue weighted by Crippen LogP contribution is -2.45. The number of nitrogens with zero attached hydrogens (tertiary/aromatic N) is 3. The van der Waals surface area contributed by atoms with E-state index in [9.17, 15) is 0 Å². The van der Waals surface area contributed by atoms with Crippen molar-refractivity contribution in [2.24, 2.45) is 4.99 Å². The van der Waals surface area contributed by atoms with Crippen LogP contribution in [0.15, 0.2) is 33.8 Å². The minimum absolute atomic E-state index is 0. The Morgan fingerprint density at radius 3 is 3.00 bits per heavy atom. The average Bonchev–Trinajstić information content (AvgIpc) is 3.14. The molecule has 0 aliphatic heterocycles. The van der Waals surface area contributed by atoms with Gasteiger partial charge in [0.1, 0.15) is 0 Å². The number of halogens is 2. The summed E-state index contributed by atoms with van der Waals surface area (Å²) in [6.07, 6.45) is 7.10. The first-order valence-electron chi connectivity index (χ1n) is 8.76. The molecule has 1 saturated carbocycles. The van der Waals surface area contributed by atoms with E-state index < -0.39 is 0 Å². The summed E-state index contributed by atoms with van der Waals surface area (Å²) in [5.41, 5.74) is 0.834. The Morgan fingerprint density at radius 1 is 1.41 bits per heavy atom. The van der Waals surface area contributed by atoms with Crippen molar-refractivity contribution < 1.29 is 4.52 Å². The maximum atomic E-state index is 6.01. The molecular weight excluding hydrogens is 497 g/mol. The summed E-state index contributed by atoms with van der Waals surface area (Å²) in [7, 11) is 1.77. The molecule has 148 valence electrons. The van der Waals surface area contributed by atoms with E-state index in [0.29, 0.717) is 29.3 Å². The zero-order valence-corrected chi connectivity index (χ0v) is 19.3. The predicted molar refractivity (Wildman–Crippen MR) is 123 cm³/mol. The second kappa shape index (κ2) is 11.1. The molecule has 0 spiro atoms. The highest BCUT2D eigenvalue weighted by atomic mass is 127. The monoisotopic (exact) mass is 521 g/mol. The third-order valence-electron chi connectivity index (χ3n) is 4.48. The standard InChI is InChI=1S/C18H24ClN5OS.HI/c1-20-18(22-14-7-4-8-15(10-14)26-2)21-11-16-23-17(24-25-16)12-5-3-6-13(19)9-12;/h3,5-6,9,14-15H,4,7-8,10-11H2,1-2H3,(H2,20,21,22);1H. The van der Waals surface area contributed by atoms with Crippen LogP contribution in [0.3, 0.4) is 0 Å². The normalized spacial score (nSPS) is 20.0. The molecule has 0 amide bonds. The number of hydrogen-bond acceptors (Lipinski definition) is 5. The summed E-state index contributed by atoms with van der Waals surface area (Å²) in [6.45, 7) is 0.423. The van der Waals surface area contributed by atoms with Crippen molar-refractivity contribution in [1.82, 2.24) is 20.8 Å². The van der Waals surface area contributed by atoms with Crippen LogP contribution in [0.25, 0.3) is 11.4 Å². The van der Waals surface area contributed by atoms with Crippen molar-refractivity contribution >= 4 is 53.3 Å². The molecule has 0 saturated heterocycles. The third kappa shape index (κ3) is 6.53. The number of thioether (sulfide) groups is 1. The van der Waals surface area contributed by atoms with Gasteiger partial charge in [0.15, 0.2) is 5.96 Å². The molecule has 2 N–H and O–H groups in total. The lowest BCUT2D eigenvalue weighted by atomic mass is 9.95. The van der Waals surface area contributed by atoms with Crippen LogP contribution in [-0.4, -0.2) is 40.7 Å². The van der Waals surface area contributed by atoms with Gasteiger partial charge in [-0.3, -0.25) is 4.99 Å². The fourth-order valence-corrected chi connectivity index (χ4v) is 4.13. The van der Waals surface area contributed by atoms with Crippen LogP contribution in [-0.2, 0) is 6.54 Å². The summed E-state index contributed by atoms with van der Waals surface area (Å²) in [5, 5.41) is 12.2. The molecule has 1 aliphatic carbocycles. The van der Waals surface area contributed by atoms with Crippen LogP contribution in [0.4, 0.5) is 0 Å². The van der Waals surface area contributed by atoms with Gasteiger partial charge in [0.2, 0.25) is 11.7 Å². The number of nitrogens with one attached hydrogen (secondary N) is 2. The first-order valence-corrected chi connectivity index (χ1v) is 10.4. The molecular formula is C18H25ClIN5OS. The lowest BCUT2D eigenvalue weighted by Gasteiger charge is -2.29. The maximum absolute atomic E-state index is 6.01. The van der Waals surface area contributed by atoms with E-state index in [-0.39, 0.29) is 24.0 Å². The van der Waals surface area contributed by atoms with Gasteiger partial charge >= 0.3 is 0 Å². The maximum Gasteiger partial charge on any atom is 0.246 e. The minimum atomic E-state index is 0. The second-order valence-corrected chi connectivity index (χ2v) is 7.89. The summed E-state index contributed by atoms with van der Waals surface area (Å²) in [4.78, 5) is 8.72. The minimum Gasteiger partial charge on any atom is -0.354 e. The van der Waals surface area contributed by atoms with Crippen molar-refractivity contribution in [3.05, 3.63) is 35.2 Å². The first-order chi connectivity index (χ1) is 12.7. The van der Waals surface area contributed by atoms with Gasteiger partial charge in [0.05, 0.1) is 6.54 Å². The topological polar surface area (TPSA) is 75.3 Å². The average molecular weight is 522 g/mol. The number of aromatic nitrogens is 2. The van der Waals surface area contributed by atoms with Crippen molar-refractivity contribution in [2.45, 2.75) is 43.5 Å². The summed E-state index contributed by atoms with van der Waals surface area (Å²) in [6, 6.07) is 7.85. The van der Waals surface area contributed by atoms with E-state index in [2.05, 4.69) is 32.0 Å². The van der Waals surface area contributed by atoms with Crippen LogP contribution in [0.2, 0.25) is 5.02 Å². The van der Waals surface area contributed by atoms with E-state index in [1.807, 2.05) is 36.0 Å². The van der Waals surface area contributed by atoms with Gasteiger partial charge in [-0.2, -0.15) is 16.7 Å². The summed E-state index contributed by atoms with van der Waals surface area (Å²) in [5.74, 6) is 1.80. The highest BCUT2D eigenvalue weighted by Gasteiger charge is 2.22. The van der Waals surface area contributed by atoms with Gasteiger partial charge in [-0.1, -0.05) is 35.3 Å². The zero-order chi connectivity index (χ0) is 18.4. The summed E-state index contributed by atoms with van der Waals surface area (Å²) < 4.78 is 5.33. The van der Waals surface area contributed by atoms with E-state index >= 15 is 0 Å². The molecule has 2 atom stereocenters. The summed E-state index contributed by atoms with van der Waals surface area (Å²) >= 11 is 7.97. The van der Waals surface area contributed by atoms with Crippen LogP contribution >= 0.6 is 47.3 Å². The van der Waals surface area contributed by atoms with Crippen molar-refractivity contribution in [2.75, 3.05) is 13.3 Å². The number of guanidine groups is 1. The zero-order valence-electron chi connectivity index (χ0n) is 15.4. The van der Waals surface area contributed by atoms with Gasteiger partial charge in [0, 0.05) is 28.9 Å². The smallest absolute Gasteiger partial charge is 0.246 e. The Balaban J connectivity index is 0.00000261. The number of hydrogen-bond donors (Lipinski definition) is 2. The van der Waals surface area contributed by atoms with Crippen LogP contribution in [0.1, 0.15) is 31.6 Å². The molecule has 3 rings (SSSR count). The molecule has 9 heteroatoms. The van der Waals surface area contributed by atoms with Crippen LogP contribution in [0, 0.1) is 0 Å². The van der Waals surface area contributed by atoms with Gasteiger partial charge in [-0.05, 0) is 37.7 Å². The van der Waals surface area contributed by atoms with E-state index in [0.717, 1.165) is 16.8 Å². The fourth-order valence-electron chi connectivity index (χ4n) is 3.11. The Hall–Kier alpha value is -1.000. The predicted octanol–water partition coefficient (Wildman–Crippen LogP) is 4.35. The molecule has 1 fully saturated rings.